The molecule has 1 N–H and O–H groups in total. The topological polar surface area (TPSA) is 58.4 Å². The monoisotopic (exact) mass is 461 g/mol. The number of piperidine rings is 1. The molecule has 1 saturated heterocycles. The number of halogens is 4. The maximum absolute atomic E-state index is 13.4. The van der Waals surface area contributed by atoms with Crippen LogP contribution in [0.5, 0.6) is 0 Å². The number of carbonyl (C=O) groups is 1. The number of amides is 1. The van der Waals surface area contributed by atoms with Gasteiger partial charge in [-0.2, -0.15) is 13.2 Å². The van der Waals surface area contributed by atoms with Crippen molar-refractivity contribution in [2.45, 2.75) is 38.5 Å². The Bertz CT molecular complexity index is 1120. The number of nitrogens with one attached hydrogen (secondary N) is 1. The SMILES string of the molecule is CC(=O)NC1CCN(Cc2oc(-c3cccc(C(F)(F)F)c3)nc2-c2ccc(F)cc2)CC1. The molecule has 0 aliphatic carbocycles. The summed E-state index contributed by atoms with van der Waals surface area (Å²) in [5.41, 5.74) is 0.500. The van der Waals surface area contributed by atoms with Gasteiger partial charge < -0.3 is 9.73 Å². The molecule has 4 rings (SSSR count). The van der Waals surface area contributed by atoms with Gasteiger partial charge in [0.1, 0.15) is 17.3 Å². The average Bonchev–Trinajstić information content (AvgIpc) is 3.18. The van der Waals surface area contributed by atoms with Gasteiger partial charge in [0.25, 0.3) is 0 Å². The fourth-order valence-electron chi connectivity index (χ4n) is 3.97. The van der Waals surface area contributed by atoms with Gasteiger partial charge in [-0.3, -0.25) is 9.69 Å². The Hall–Kier alpha value is -3.20. The summed E-state index contributed by atoms with van der Waals surface area (Å²) in [5.74, 6) is 0.102. The van der Waals surface area contributed by atoms with Crippen LogP contribution >= 0.6 is 0 Å². The first-order chi connectivity index (χ1) is 15.7. The zero-order chi connectivity index (χ0) is 23.6. The lowest BCUT2D eigenvalue weighted by molar-refractivity contribution is -0.137. The minimum atomic E-state index is -4.48. The van der Waals surface area contributed by atoms with Crippen molar-refractivity contribution in [2.75, 3.05) is 13.1 Å². The highest BCUT2D eigenvalue weighted by Crippen LogP contribution is 2.34. The molecule has 9 heteroatoms. The Labute approximate surface area is 188 Å². The number of likely N-dealkylation sites (tertiary alicyclic amines) is 1. The zero-order valence-electron chi connectivity index (χ0n) is 18.0. The smallest absolute Gasteiger partial charge is 0.416 e. The van der Waals surface area contributed by atoms with Crippen LogP contribution in [-0.4, -0.2) is 34.9 Å². The second-order valence-corrected chi connectivity index (χ2v) is 8.13. The predicted octanol–water partition coefficient (Wildman–Crippen LogP) is 5.27. The molecule has 3 aromatic rings. The Morgan fingerprint density at radius 2 is 1.82 bits per heavy atom. The van der Waals surface area contributed by atoms with Gasteiger partial charge in [-0.15, -0.1) is 0 Å². The van der Waals surface area contributed by atoms with Crippen LogP contribution in [0.25, 0.3) is 22.7 Å². The number of carbonyl (C=O) groups excluding carboxylic acids is 1. The van der Waals surface area contributed by atoms with Gasteiger partial charge >= 0.3 is 6.18 Å². The number of aromatic nitrogens is 1. The minimum absolute atomic E-state index is 0.0620. The molecule has 174 valence electrons. The molecule has 1 fully saturated rings. The molecule has 0 unspecified atom stereocenters. The van der Waals surface area contributed by atoms with Crippen LogP contribution in [0.2, 0.25) is 0 Å². The van der Waals surface area contributed by atoms with Crippen LogP contribution in [0, 0.1) is 5.82 Å². The van der Waals surface area contributed by atoms with Gasteiger partial charge in [0.05, 0.1) is 12.1 Å². The van der Waals surface area contributed by atoms with Crippen molar-refractivity contribution in [1.29, 1.82) is 0 Å². The van der Waals surface area contributed by atoms with Crippen LogP contribution in [0.15, 0.2) is 52.9 Å². The van der Waals surface area contributed by atoms with E-state index in [0.29, 0.717) is 36.7 Å². The third-order valence-corrected chi connectivity index (χ3v) is 5.61. The quantitative estimate of drug-likeness (QED) is 0.526. The van der Waals surface area contributed by atoms with Crippen LogP contribution < -0.4 is 5.32 Å². The summed E-state index contributed by atoms with van der Waals surface area (Å²) in [6.45, 7) is 3.32. The van der Waals surface area contributed by atoms with E-state index in [1.165, 1.54) is 31.2 Å². The van der Waals surface area contributed by atoms with E-state index < -0.39 is 17.6 Å². The van der Waals surface area contributed by atoms with E-state index in [9.17, 15) is 22.4 Å². The fourth-order valence-corrected chi connectivity index (χ4v) is 3.97. The van der Waals surface area contributed by atoms with E-state index in [0.717, 1.165) is 25.0 Å². The average molecular weight is 461 g/mol. The third kappa shape index (κ3) is 5.60. The van der Waals surface area contributed by atoms with Crippen molar-refractivity contribution >= 4 is 5.91 Å². The number of nitrogens with zero attached hydrogens (tertiary/aromatic N) is 2. The lowest BCUT2D eigenvalue weighted by Crippen LogP contribution is -2.43. The van der Waals surface area contributed by atoms with E-state index in [4.69, 9.17) is 4.42 Å². The highest BCUT2D eigenvalue weighted by molar-refractivity contribution is 5.73. The maximum Gasteiger partial charge on any atom is 0.416 e. The second kappa shape index (κ2) is 9.35. The minimum Gasteiger partial charge on any atom is -0.439 e. The van der Waals surface area contributed by atoms with Gasteiger partial charge in [-0.1, -0.05) is 6.07 Å². The third-order valence-electron chi connectivity index (χ3n) is 5.61. The van der Waals surface area contributed by atoms with E-state index >= 15 is 0 Å². The normalized spacial score (nSPS) is 15.5. The summed E-state index contributed by atoms with van der Waals surface area (Å²) >= 11 is 0. The summed E-state index contributed by atoms with van der Waals surface area (Å²) in [6, 6.07) is 10.7. The van der Waals surface area contributed by atoms with Crippen LogP contribution in [0.4, 0.5) is 17.6 Å². The first-order valence-corrected chi connectivity index (χ1v) is 10.6. The molecular weight excluding hydrogens is 438 g/mol. The van der Waals surface area contributed by atoms with E-state index in [2.05, 4.69) is 15.2 Å². The highest BCUT2D eigenvalue weighted by Gasteiger charge is 2.31. The Morgan fingerprint density at radius 1 is 1.12 bits per heavy atom. The first-order valence-electron chi connectivity index (χ1n) is 10.6. The molecule has 1 aromatic heterocycles. The van der Waals surface area contributed by atoms with E-state index in [1.54, 1.807) is 12.1 Å². The van der Waals surface area contributed by atoms with Gasteiger partial charge in [-0.25, -0.2) is 9.37 Å². The van der Waals surface area contributed by atoms with Crippen LogP contribution in [-0.2, 0) is 17.5 Å². The van der Waals surface area contributed by atoms with Crippen molar-refractivity contribution < 1.29 is 26.8 Å². The van der Waals surface area contributed by atoms with E-state index in [1.807, 2.05) is 0 Å². The predicted molar refractivity (Wildman–Crippen MR) is 114 cm³/mol. The molecule has 0 bridgehead atoms. The lowest BCUT2D eigenvalue weighted by Gasteiger charge is -2.31. The molecule has 33 heavy (non-hydrogen) atoms. The molecular formula is C24H23F4N3O2. The molecule has 1 aliphatic heterocycles. The number of rotatable bonds is 5. The van der Waals surface area contributed by atoms with E-state index in [-0.39, 0.29) is 23.4 Å². The Kier molecular flexibility index (Phi) is 6.51. The van der Waals surface area contributed by atoms with Crippen molar-refractivity contribution in [3.8, 4) is 22.7 Å². The zero-order valence-corrected chi connectivity index (χ0v) is 18.0. The first kappa shape index (κ1) is 23.0. The molecule has 1 amide bonds. The standard InChI is InChI=1S/C24H23F4N3O2/c1-15(32)29-20-9-11-31(12-10-20)14-21-22(16-5-7-19(25)8-6-16)30-23(33-21)17-3-2-4-18(13-17)24(26,27)28/h2-8,13,20H,9-12,14H2,1H3,(H,29,32). The lowest BCUT2D eigenvalue weighted by atomic mass is 10.0. The number of hydrogen-bond donors (Lipinski definition) is 1. The molecule has 1 aliphatic rings. The fraction of sp³-hybridized carbons (Fsp3) is 0.333. The molecule has 0 radical (unpaired) electrons. The van der Waals surface area contributed by atoms with Crippen molar-refractivity contribution in [3.05, 3.63) is 65.7 Å². The number of oxazole rings is 1. The molecule has 2 aromatic carbocycles. The molecule has 0 spiro atoms. The molecule has 5 nitrogen and oxygen atoms in total. The summed E-state index contributed by atoms with van der Waals surface area (Å²) < 4.78 is 58.9. The molecule has 0 atom stereocenters. The largest absolute Gasteiger partial charge is 0.439 e. The molecule has 2 heterocycles. The second-order valence-electron chi connectivity index (χ2n) is 8.13. The van der Waals surface area contributed by atoms with Gasteiger partial charge in [-0.05, 0) is 55.3 Å². The summed E-state index contributed by atoms with van der Waals surface area (Å²) in [6.07, 6.45) is -2.93. The van der Waals surface area contributed by atoms with Crippen LogP contribution in [0.3, 0.4) is 0 Å². The van der Waals surface area contributed by atoms with Gasteiger partial charge in [0, 0.05) is 37.2 Å². The molecule has 0 saturated carbocycles. The van der Waals surface area contributed by atoms with Gasteiger partial charge in [0.2, 0.25) is 11.8 Å². The van der Waals surface area contributed by atoms with Crippen molar-refractivity contribution in [1.82, 2.24) is 15.2 Å². The highest BCUT2D eigenvalue weighted by atomic mass is 19.4. The summed E-state index contributed by atoms with van der Waals surface area (Å²) in [7, 11) is 0. The van der Waals surface area contributed by atoms with Crippen molar-refractivity contribution in [2.24, 2.45) is 0 Å². The van der Waals surface area contributed by atoms with Crippen LogP contribution in [0.1, 0.15) is 31.1 Å². The number of benzene rings is 2. The Morgan fingerprint density at radius 3 is 2.45 bits per heavy atom. The number of hydrogen-bond acceptors (Lipinski definition) is 4. The summed E-state index contributed by atoms with van der Waals surface area (Å²) in [4.78, 5) is 17.9. The number of alkyl halides is 3. The summed E-state index contributed by atoms with van der Waals surface area (Å²) in [5, 5.41) is 2.92. The van der Waals surface area contributed by atoms with Crippen molar-refractivity contribution in [3.63, 3.8) is 0 Å². The maximum atomic E-state index is 13.4. The van der Waals surface area contributed by atoms with Gasteiger partial charge in [0.15, 0.2) is 0 Å². The Balaban J connectivity index is 1.63.